The van der Waals surface area contributed by atoms with Crippen LogP contribution in [0.2, 0.25) is 0 Å². The van der Waals surface area contributed by atoms with E-state index in [1.54, 1.807) is 24.3 Å². The van der Waals surface area contributed by atoms with Gasteiger partial charge in [-0.2, -0.15) is 0 Å². The van der Waals surface area contributed by atoms with E-state index in [2.05, 4.69) is 0 Å². The van der Waals surface area contributed by atoms with Crippen molar-refractivity contribution in [3.8, 4) is 22.3 Å². The highest BCUT2D eigenvalue weighted by atomic mass is 16.2. The van der Waals surface area contributed by atoms with Crippen LogP contribution in [0, 0.1) is 0 Å². The van der Waals surface area contributed by atoms with Crippen molar-refractivity contribution < 1.29 is 38.4 Å². The summed E-state index contributed by atoms with van der Waals surface area (Å²) < 4.78 is 0. The average Bonchev–Trinajstić information content (AvgIpc) is 3.89. The Morgan fingerprint density at radius 1 is 0.212 bits per heavy atom. The van der Waals surface area contributed by atoms with Gasteiger partial charge in [0.2, 0.25) is 0 Å². The summed E-state index contributed by atoms with van der Waals surface area (Å²) in [6, 6.07) is 28.5. The molecule has 4 heterocycles. The van der Waals surface area contributed by atoms with E-state index in [0.717, 1.165) is 41.9 Å². The summed E-state index contributed by atoms with van der Waals surface area (Å²) in [6.07, 6.45) is 9.81. The first kappa shape index (κ1) is 32.9. The van der Waals surface area contributed by atoms with Crippen molar-refractivity contribution in [3.63, 3.8) is 0 Å². The number of hydrogen-bond acceptors (Lipinski definition) is 8. The lowest BCUT2D eigenvalue weighted by atomic mass is 10.00. The van der Waals surface area contributed by atoms with Crippen LogP contribution in [0.5, 0.6) is 0 Å². The minimum absolute atomic E-state index is 0.340. The summed E-state index contributed by atoms with van der Waals surface area (Å²) in [5, 5.41) is 0. The van der Waals surface area contributed by atoms with Crippen molar-refractivity contribution in [1.82, 2.24) is 0 Å². The fraction of sp³-hybridized carbons (Fsp3) is 0. The van der Waals surface area contributed by atoms with Crippen LogP contribution in [-0.4, -0.2) is 47.3 Å². The van der Waals surface area contributed by atoms with Gasteiger partial charge in [0.1, 0.15) is 0 Å². The molecule has 0 atom stereocenters. The van der Waals surface area contributed by atoms with Crippen LogP contribution < -0.4 is 19.6 Å². The number of imide groups is 4. The summed E-state index contributed by atoms with van der Waals surface area (Å²) in [5.74, 6) is -3.03. The van der Waals surface area contributed by atoms with Gasteiger partial charge in [0.15, 0.2) is 0 Å². The zero-order valence-corrected chi connectivity index (χ0v) is 26.9. The van der Waals surface area contributed by atoms with Gasteiger partial charge in [-0.15, -0.1) is 0 Å². The van der Waals surface area contributed by atoms with Crippen molar-refractivity contribution in [1.29, 1.82) is 0 Å². The van der Waals surface area contributed by atoms with Crippen LogP contribution in [0.3, 0.4) is 0 Å². The smallest absolute Gasteiger partial charge is 0.258 e. The second-order valence-corrected chi connectivity index (χ2v) is 11.6. The fourth-order valence-corrected chi connectivity index (χ4v) is 5.83. The van der Waals surface area contributed by atoms with E-state index >= 15 is 0 Å². The van der Waals surface area contributed by atoms with E-state index in [1.165, 1.54) is 72.9 Å². The third-order valence-corrected chi connectivity index (χ3v) is 8.41. The number of nitrogens with zero attached hydrogens (tertiary/aromatic N) is 4. The molecule has 4 aromatic carbocycles. The number of rotatable bonds is 6. The number of anilines is 4. The highest BCUT2D eigenvalue weighted by Crippen LogP contribution is 2.30. The number of amides is 8. The van der Waals surface area contributed by atoms with E-state index in [4.69, 9.17) is 0 Å². The van der Waals surface area contributed by atoms with Crippen molar-refractivity contribution in [2.45, 2.75) is 0 Å². The van der Waals surface area contributed by atoms with Crippen LogP contribution in [0.1, 0.15) is 0 Å². The Balaban J connectivity index is 0.000000180. The Bertz CT molecular complexity index is 2100. The molecule has 0 aliphatic carbocycles. The normalized spacial score (nSPS) is 16.3. The molecule has 4 aliphatic rings. The Hall–Kier alpha value is -7.60. The lowest BCUT2D eigenvalue weighted by Gasteiger charge is -2.17. The van der Waals surface area contributed by atoms with E-state index < -0.39 is 23.6 Å². The van der Waals surface area contributed by atoms with Crippen LogP contribution in [0.25, 0.3) is 22.3 Å². The largest absolute Gasteiger partial charge is 0.269 e. The molecule has 8 amide bonds. The molecular formula is C40H24N4O8. The van der Waals surface area contributed by atoms with Crippen molar-refractivity contribution >= 4 is 70.0 Å². The molecule has 0 fully saturated rings. The van der Waals surface area contributed by atoms with Gasteiger partial charge in [0.25, 0.3) is 47.3 Å². The van der Waals surface area contributed by atoms with Gasteiger partial charge in [-0.25, -0.2) is 19.6 Å². The zero-order chi connectivity index (χ0) is 36.5. The summed E-state index contributed by atoms with van der Waals surface area (Å²) in [7, 11) is 0. The van der Waals surface area contributed by atoms with E-state index in [-0.39, 0.29) is 23.6 Å². The third kappa shape index (κ3) is 6.18. The quantitative estimate of drug-likeness (QED) is 0.270. The standard InChI is InChI=1S/C26H16N2O4.C14H8N2O4/c29-23-13-14-24(30)27(23)21-9-5-19(6-10-21)17-1-2-18(4-3-17)20-7-11-22(12-8-20)28-25(31)15-16-26(28)32;17-11-5-6-12(18)15(11)9-1-2-10(4-3-9)16-13(19)7-8-14(16)20/h1-16H;1-8H. The summed E-state index contributed by atoms with van der Waals surface area (Å²) in [4.78, 5) is 97.6. The van der Waals surface area contributed by atoms with E-state index in [0.29, 0.717) is 22.7 Å². The molecule has 12 nitrogen and oxygen atoms in total. The first-order valence-corrected chi connectivity index (χ1v) is 15.7. The van der Waals surface area contributed by atoms with Gasteiger partial charge in [-0.3, -0.25) is 38.4 Å². The van der Waals surface area contributed by atoms with E-state index in [9.17, 15) is 38.4 Å². The van der Waals surface area contributed by atoms with Crippen LogP contribution in [0.4, 0.5) is 22.7 Å². The topological polar surface area (TPSA) is 150 Å². The van der Waals surface area contributed by atoms with E-state index in [1.807, 2.05) is 48.5 Å². The van der Waals surface area contributed by atoms with Gasteiger partial charge in [-0.1, -0.05) is 48.5 Å². The molecule has 0 saturated carbocycles. The van der Waals surface area contributed by atoms with Crippen LogP contribution in [-0.2, 0) is 38.4 Å². The van der Waals surface area contributed by atoms with Gasteiger partial charge >= 0.3 is 0 Å². The van der Waals surface area contributed by atoms with Crippen molar-refractivity contribution in [2.24, 2.45) is 0 Å². The maximum Gasteiger partial charge on any atom is 0.258 e. The Kier molecular flexibility index (Phi) is 8.46. The van der Waals surface area contributed by atoms with Crippen molar-refractivity contribution in [2.75, 3.05) is 19.6 Å². The minimum Gasteiger partial charge on any atom is -0.269 e. The van der Waals surface area contributed by atoms with Crippen LogP contribution >= 0.6 is 0 Å². The Labute approximate surface area is 295 Å². The van der Waals surface area contributed by atoms with Gasteiger partial charge in [0, 0.05) is 48.6 Å². The molecule has 0 saturated heterocycles. The lowest BCUT2D eigenvalue weighted by Crippen LogP contribution is -2.31. The van der Waals surface area contributed by atoms with Gasteiger partial charge in [0.05, 0.1) is 22.7 Å². The minimum atomic E-state index is -0.419. The molecule has 0 N–H and O–H groups in total. The molecule has 252 valence electrons. The molecule has 4 aromatic rings. The number of carbonyl (C=O) groups is 8. The second kappa shape index (κ2) is 13.4. The molecule has 52 heavy (non-hydrogen) atoms. The number of benzene rings is 4. The Morgan fingerprint density at radius 2 is 0.346 bits per heavy atom. The number of hydrogen-bond donors (Lipinski definition) is 0. The maximum absolute atomic E-state index is 11.8. The summed E-state index contributed by atoms with van der Waals surface area (Å²) in [5.41, 5.74) is 5.76. The van der Waals surface area contributed by atoms with Crippen LogP contribution in [0.15, 0.2) is 146 Å². The molecule has 0 bridgehead atoms. The second-order valence-electron chi connectivity index (χ2n) is 11.6. The molecular weight excluding hydrogens is 664 g/mol. The predicted octanol–water partition coefficient (Wildman–Crippen LogP) is 4.42. The molecule has 12 heteroatoms. The number of carbonyl (C=O) groups excluding carboxylic acids is 8. The fourth-order valence-electron chi connectivity index (χ4n) is 5.83. The highest BCUT2D eigenvalue weighted by molar-refractivity contribution is 6.30. The lowest BCUT2D eigenvalue weighted by molar-refractivity contribution is -0.121. The molecule has 0 spiro atoms. The molecule has 0 unspecified atom stereocenters. The molecule has 0 aromatic heterocycles. The molecule has 8 rings (SSSR count). The van der Waals surface area contributed by atoms with Gasteiger partial charge in [-0.05, 0) is 70.8 Å². The van der Waals surface area contributed by atoms with Crippen molar-refractivity contribution in [3.05, 3.63) is 146 Å². The summed E-state index contributed by atoms with van der Waals surface area (Å²) >= 11 is 0. The first-order valence-electron chi connectivity index (χ1n) is 15.7. The molecule has 0 radical (unpaired) electrons. The SMILES string of the molecule is O=C1C=CC(=O)N1c1ccc(-c2ccc(-c3ccc(N4C(=O)C=CC4=O)cc3)cc2)cc1.O=C1C=CC(=O)N1c1ccc(N2C(=O)C=CC2=O)cc1. The Morgan fingerprint density at radius 3 is 0.519 bits per heavy atom. The third-order valence-electron chi connectivity index (χ3n) is 8.41. The predicted molar refractivity (Wildman–Crippen MR) is 190 cm³/mol. The average molecular weight is 689 g/mol. The van der Waals surface area contributed by atoms with Gasteiger partial charge < -0.3 is 0 Å². The summed E-state index contributed by atoms with van der Waals surface area (Å²) in [6.45, 7) is 0. The zero-order valence-electron chi connectivity index (χ0n) is 26.9. The highest BCUT2D eigenvalue weighted by Gasteiger charge is 2.28. The maximum atomic E-state index is 11.8. The monoisotopic (exact) mass is 688 g/mol. The first-order chi connectivity index (χ1) is 25.1. The molecule has 4 aliphatic heterocycles.